The van der Waals surface area contributed by atoms with Crippen molar-refractivity contribution in [3.8, 4) is 0 Å². The number of benzene rings is 1. The van der Waals surface area contributed by atoms with Gasteiger partial charge in [0.25, 0.3) is 0 Å². The fourth-order valence-corrected chi connectivity index (χ4v) is 3.27. The molecule has 0 radical (unpaired) electrons. The van der Waals surface area contributed by atoms with Crippen LogP contribution in [-0.4, -0.2) is 67.8 Å². The van der Waals surface area contributed by atoms with Crippen molar-refractivity contribution in [1.29, 1.82) is 0 Å². The monoisotopic (exact) mass is 291 g/mol. The average Bonchev–Trinajstić information content (AvgIpc) is 2.55. The second-order valence-corrected chi connectivity index (χ2v) is 6.13. The minimum atomic E-state index is -0.380. The van der Waals surface area contributed by atoms with Crippen molar-refractivity contribution in [2.24, 2.45) is 0 Å². The summed E-state index contributed by atoms with van der Waals surface area (Å²) in [6.45, 7) is 6.43. The van der Waals surface area contributed by atoms with Crippen molar-refractivity contribution < 1.29 is 5.11 Å². The number of nitrogens with one attached hydrogen (secondary N) is 1. The normalized spacial score (nSPS) is 23.9. The van der Waals surface area contributed by atoms with Gasteiger partial charge in [0, 0.05) is 32.2 Å². The van der Waals surface area contributed by atoms with Crippen LogP contribution < -0.4 is 5.32 Å². The zero-order chi connectivity index (χ0) is 15.3. The van der Waals surface area contributed by atoms with Crippen molar-refractivity contribution >= 4 is 0 Å². The molecule has 1 aliphatic heterocycles. The summed E-state index contributed by atoms with van der Waals surface area (Å²) in [5.41, 5.74) is 0.775. The molecule has 0 saturated carbocycles. The zero-order valence-corrected chi connectivity index (χ0v) is 13.5. The van der Waals surface area contributed by atoms with Crippen LogP contribution in [0.4, 0.5) is 0 Å². The molecule has 2 unspecified atom stereocenters. The van der Waals surface area contributed by atoms with Crippen molar-refractivity contribution in [1.82, 2.24) is 15.1 Å². The van der Waals surface area contributed by atoms with Gasteiger partial charge in [-0.15, -0.1) is 0 Å². The predicted octanol–water partition coefficient (Wildman–Crippen LogP) is 1.12. The molecule has 118 valence electrons. The molecule has 4 nitrogen and oxygen atoms in total. The first-order valence-electron chi connectivity index (χ1n) is 7.93. The highest BCUT2D eigenvalue weighted by Gasteiger charge is 2.34. The van der Waals surface area contributed by atoms with E-state index in [9.17, 15) is 5.11 Å². The number of hydrogen-bond donors (Lipinski definition) is 2. The average molecular weight is 291 g/mol. The molecule has 0 amide bonds. The van der Waals surface area contributed by atoms with Crippen LogP contribution in [0.5, 0.6) is 0 Å². The van der Waals surface area contributed by atoms with Crippen LogP contribution in [0.2, 0.25) is 0 Å². The van der Waals surface area contributed by atoms with E-state index in [0.29, 0.717) is 6.04 Å². The van der Waals surface area contributed by atoms with Gasteiger partial charge in [0.2, 0.25) is 0 Å². The van der Waals surface area contributed by atoms with E-state index in [1.807, 2.05) is 25.2 Å². The number of piperazine rings is 1. The quantitative estimate of drug-likeness (QED) is 0.824. The Morgan fingerprint density at radius 1 is 1.29 bits per heavy atom. The van der Waals surface area contributed by atoms with Crippen molar-refractivity contribution in [2.45, 2.75) is 24.9 Å². The van der Waals surface area contributed by atoms with E-state index in [-0.39, 0.29) is 12.1 Å². The number of aliphatic hydroxyl groups is 1. The van der Waals surface area contributed by atoms with Gasteiger partial charge < -0.3 is 15.3 Å². The second-order valence-electron chi connectivity index (χ2n) is 6.13. The largest absolute Gasteiger partial charge is 0.394 e. The molecule has 1 fully saturated rings. The van der Waals surface area contributed by atoms with Gasteiger partial charge in [-0.2, -0.15) is 0 Å². The van der Waals surface area contributed by atoms with Gasteiger partial charge in [-0.25, -0.2) is 0 Å². The highest BCUT2D eigenvalue weighted by molar-refractivity contribution is 5.25. The summed E-state index contributed by atoms with van der Waals surface area (Å²) in [5.74, 6) is 0. The Balaban J connectivity index is 2.13. The summed E-state index contributed by atoms with van der Waals surface area (Å²) in [5, 5.41) is 13.4. The molecule has 4 heteroatoms. The fraction of sp³-hybridized carbons (Fsp3) is 0.647. The Morgan fingerprint density at radius 2 is 2.00 bits per heavy atom. The van der Waals surface area contributed by atoms with Crippen LogP contribution in [0.3, 0.4) is 0 Å². The molecule has 0 aromatic heterocycles. The lowest BCUT2D eigenvalue weighted by atomic mass is 9.89. The first-order chi connectivity index (χ1) is 10.1. The molecule has 2 atom stereocenters. The highest BCUT2D eigenvalue weighted by Crippen LogP contribution is 2.23. The standard InChI is InChI=1S/C17H29N3O/c1-4-16-12-20(11-10-19(16)3)13-17(14-21,18-2)15-8-6-5-7-9-15/h5-9,16,18,21H,4,10-14H2,1-3H3. The van der Waals surface area contributed by atoms with E-state index >= 15 is 0 Å². The van der Waals surface area contributed by atoms with Gasteiger partial charge >= 0.3 is 0 Å². The van der Waals surface area contributed by atoms with Crippen molar-refractivity contribution in [3.63, 3.8) is 0 Å². The van der Waals surface area contributed by atoms with Gasteiger partial charge in [-0.1, -0.05) is 37.3 Å². The maximum absolute atomic E-state index is 10.0. The second kappa shape index (κ2) is 7.36. The predicted molar refractivity (Wildman–Crippen MR) is 87.4 cm³/mol. The minimum absolute atomic E-state index is 0.108. The molecule has 1 aromatic carbocycles. The van der Waals surface area contributed by atoms with E-state index in [2.05, 4.69) is 41.2 Å². The smallest absolute Gasteiger partial charge is 0.0795 e. The molecular formula is C17H29N3O. The van der Waals surface area contributed by atoms with Crippen LogP contribution in [0.15, 0.2) is 30.3 Å². The SMILES string of the molecule is CCC1CN(CC(CO)(NC)c2ccccc2)CCN1C. The number of likely N-dealkylation sites (N-methyl/N-ethyl adjacent to an activating group) is 2. The molecule has 0 bridgehead atoms. The molecule has 1 aliphatic rings. The molecule has 1 saturated heterocycles. The Morgan fingerprint density at radius 3 is 2.57 bits per heavy atom. The maximum Gasteiger partial charge on any atom is 0.0795 e. The van der Waals surface area contributed by atoms with Gasteiger partial charge in [0.1, 0.15) is 0 Å². The van der Waals surface area contributed by atoms with Gasteiger partial charge in [-0.05, 0) is 26.1 Å². The molecule has 1 aromatic rings. The summed E-state index contributed by atoms with van der Waals surface area (Å²) in [4.78, 5) is 4.92. The summed E-state index contributed by atoms with van der Waals surface area (Å²) >= 11 is 0. The molecule has 0 aliphatic carbocycles. The Kier molecular flexibility index (Phi) is 5.76. The van der Waals surface area contributed by atoms with E-state index in [4.69, 9.17) is 0 Å². The lowest BCUT2D eigenvalue weighted by molar-refractivity contribution is 0.0509. The maximum atomic E-state index is 10.0. The first-order valence-corrected chi connectivity index (χ1v) is 7.93. The van der Waals surface area contributed by atoms with E-state index in [1.54, 1.807) is 0 Å². The summed E-state index contributed by atoms with van der Waals surface area (Å²) < 4.78 is 0. The van der Waals surface area contributed by atoms with Gasteiger partial charge in [-0.3, -0.25) is 4.90 Å². The van der Waals surface area contributed by atoms with Crippen LogP contribution in [-0.2, 0) is 5.54 Å². The van der Waals surface area contributed by atoms with Crippen LogP contribution in [0.25, 0.3) is 0 Å². The zero-order valence-electron chi connectivity index (χ0n) is 13.5. The lowest BCUT2D eigenvalue weighted by Crippen LogP contribution is -2.58. The first kappa shape index (κ1) is 16.4. The third-order valence-electron chi connectivity index (χ3n) is 4.90. The van der Waals surface area contributed by atoms with Crippen molar-refractivity contribution in [2.75, 3.05) is 46.9 Å². The molecule has 21 heavy (non-hydrogen) atoms. The Hall–Kier alpha value is -0.940. The van der Waals surface area contributed by atoms with Crippen LogP contribution >= 0.6 is 0 Å². The summed E-state index contributed by atoms with van der Waals surface area (Å²) in [6, 6.07) is 10.9. The van der Waals surface area contributed by atoms with E-state index in [0.717, 1.165) is 31.7 Å². The van der Waals surface area contributed by atoms with Crippen molar-refractivity contribution in [3.05, 3.63) is 35.9 Å². The van der Waals surface area contributed by atoms with E-state index in [1.165, 1.54) is 6.42 Å². The van der Waals surface area contributed by atoms with Gasteiger partial charge in [0.15, 0.2) is 0 Å². The highest BCUT2D eigenvalue weighted by atomic mass is 16.3. The lowest BCUT2D eigenvalue weighted by Gasteiger charge is -2.44. The minimum Gasteiger partial charge on any atom is -0.394 e. The van der Waals surface area contributed by atoms with E-state index < -0.39 is 0 Å². The number of hydrogen-bond acceptors (Lipinski definition) is 4. The fourth-order valence-electron chi connectivity index (χ4n) is 3.27. The van der Waals surface area contributed by atoms with Crippen LogP contribution in [0, 0.1) is 0 Å². The summed E-state index contributed by atoms with van der Waals surface area (Å²) in [6.07, 6.45) is 1.17. The number of nitrogens with zero attached hydrogens (tertiary/aromatic N) is 2. The third kappa shape index (κ3) is 3.64. The Labute approximate surface area is 128 Å². The third-order valence-corrected chi connectivity index (χ3v) is 4.90. The summed E-state index contributed by atoms with van der Waals surface area (Å²) in [7, 11) is 4.15. The molecular weight excluding hydrogens is 262 g/mol. The molecule has 2 rings (SSSR count). The number of aliphatic hydroxyl groups excluding tert-OH is 1. The number of rotatable bonds is 6. The Bertz CT molecular complexity index is 419. The molecule has 1 heterocycles. The topological polar surface area (TPSA) is 38.7 Å². The molecule has 0 spiro atoms. The van der Waals surface area contributed by atoms with Crippen LogP contribution in [0.1, 0.15) is 18.9 Å². The van der Waals surface area contributed by atoms with Gasteiger partial charge in [0.05, 0.1) is 12.1 Å². The molecule has 2 N–H and O–H groups in total.